The molecule has 9 heteroatoms. The molecule has 0 aromatic carbocycles. The van der Waals surface area contributed by atoms with Crippen LogP contribution in [0.2, 0.25) is 0 Å². The van der Waals surface area contributed by atoms with E-state index in [-0.39, 0.29) is 12.5 Å². The Morgan fingerprint density at radius 3 is 2.00 bits per heavy atom. The third kappa shape index (κ3) is 8.77. The van der Waals surface area contributed by atoms with Gasteiger partial charge in [-0.1, -0.05) is 13.8 Å². The van der Waals surface area contributed by atoms with E-state index in [1.165, 1.54) is 13.8 Å². The molecule has 132 valence electrons. The number of amides is 3. The van der Waals surface area contributed by atoms with Crippen LogP contribution in [-0.2, 0) is 19.2 Å². The number of rotatable bonds is 9. The normalized spacial score (nSPS) is 14.5. The SMILES string of the molecule is CC(C)CC(NC(=O)CNC(=O)C(C)N)C(=O)NC(C)C(=O)O. The second-order valence-electron chi connectivity index (χ2n) is 5.82. The van der Waals surface area contributed by atoms with Gasteiger partial charge in [-0.05, 0) is 26.2 Å². The van der Waals surface area contributed by atoms with Crippen molar-refractivity contribution >= 4 is 23.7 Å². The molecule has 0 saturated heterocycles. The molecule has 9 nitrogen and oxygen atoms in total. The Bertz CT molecular complexity index is 450. The highest BCUT2D eigenvalue weighted by Gasteiger charge is 2.25. The largest absolute Gasteiger partial charge is 0.480 e. The minimum atomic E-state index is -1.17. The first kappa shape index (κ1) is 20.8. The van der Waals surface area contributed by atoms with Crippen molar-refractivity contribution in [3.05, 3.63) is 0 Å². The molecule has 0 fully saturated rings. The Morgan fingerprint density at radius 1 is 1.00 bits per heavy atom. The van der Waals surface area contributed by atoms with Crippen LogP contribution in [-0.4, -0.2) is 53.5 Å². The zero-order valence-electron chi connectivity index (χ0n) is 13.9. The van der Waals surface area contributed by atoms with Crippen LogP contribution in [0.1, 0.15) is 34.1 Å². The van der Waals surface area contributed by atoms with Crippen LogP contribution in [0.15, 0.2) is 0 Å². The Balaban J connectivity index is 4.65. The molecule has 0 aliphatic carbocycles. The van der Waals surface area contributed by atoms with Crippen LogP contribution in [0.5, 0.6) is 0 Å². The van der Waals surface area contributed by atoms with Crippen LogP contribution in [0.25, 0.3) is 0 Å². The third-order valence-corrected chi connectivity index (χ3v) is 2.92. The maximum atomic E-state index is 12.1. The van der Waals surface area contributed by atoms with Gasteiger partial charge in [-0.15, -0.1) is 0 Å². The molecule has 23 heavy (non-hydrogen) atoms. The van der Waals surface area contributed by atoms with Crippen molar-refractivity contribution < 1.29 is 24.3 Å². The smallest absolute Gasteiger partial charge is 0.325 e. The fourth-order valence-corrected chi connectivity index (χ4v) is 1.65. The summed E-state index contributed by atoms with van der Waals surface area (Å²) >= 11 is 0. The molecule has 0 aliphatic heterocycles. The lowest BCUT2D eigenvalue weighted by Gasteiger charge is -2.21. The van der Waals surface area contributed by atoms with E-state index >= 15 is 0 Å². The van der Waals surface area contributed by atoms with Crippen LogP contribution in [0.3, 0.4) is 0 Å². The first-order chi connectivity index (χ1) is 10.5. The van der Waals surface area contributed by atoms with Crippen LogP contribution < -0.4 is 21.7 Å². The van der Waals surface area contributed by atoms with Crippen molar-refractivity contribution in [3.8, 4) is 0 Å². The molecule has 0 aliphatic rings. The van der Waals surface area contributed by atoms with Gasteiger partial charge in [-0.3, -0.25) is 19.2 Å². The Hall–Kier alpha value is -2.16. The number of nitrogens with one attached hydrogen (secondary N) is 3. The number of carboxylic acid groups (broad SMARTS) is 1. The molecule has 3 unspecified atom stereocenters. The molecule has 3 atom stereocenters. The number of aliphatic carboxylic acids is 1. The van der Waals surface area contributed by atoms with Gasteiger partial charge in [-0.2, -0.15) is 0 Å². The van der Waals surface area contributed by atoms with Crippen molar-refractivity contribution in [3.63, 3.8) is 0 Å². The monoisotopic (exact) mass is 330 g/mol. The van der Waals surface area contributed by atoms with Crippen molar-refractivity contribution in [2.75, 3.05) is 6.54 Å². The number of hydrogen-bond acceptors (Lipinski definition) is 5. The maximum absolute atomic E-state index is 12.1. The number of carbonyl (C=O) groups excluding carboxylic acids is 3. The van der Waals surface area contributed by atoms with Gasteiger partial charge in [0.25, 0.3) is 0 Å². The third-order valence-electron chi connectivity index (χ3n) is 2.92. The highest BCUT2D eigenvalue weighted by Crippen LogP contribution is 2.05. The molecule has 0 aromatic rings. The molecule has 6 N–H and O–H groups in total. The summed E-state index contributed by atoms with van der Waals surface area (Å²) in [7, 11) is 0. The first-order valence-electron chi connectivity index (χ1n) is 7.40. The van der Waals surface area contributed by atoms with Gasteiger partial charge in [0.05, 0.1) is 12.6 Å². The standard InChI is InChI=1S/C14H26N4O5/c1-7(2)5-10(13(21)17-9(4)14(22)23)18-11(19)6-16-12(20)8(3)15/h7-10H,5-6,15H2,1-4H3,(H,16,20)(H,17,21)(H,18,19)(H,22,23). The topological polar surface area (TPSA) is 151 Å². The van der Waals surface area contributed by atoms with Gasteiger partial charge in [0.1, 0.15) is 12.1 Å². The van der Waals surface area contributed by atoms with Crippen molar-refractivity contribution in [1.29, 1.82) is 0 Å². The summed E-state index contributed by atoms with van der Waals surface area (Å²) in [5.74, 6) is -2.69. The minimum Gasteiger partial charge on any atom is -0.480 e. The molecule has 0 saturated carbocycles. The van der Waals surface area contributed by atoms with E-state index in [2.05, 4.69) is 16.0 Å². The molecular formula is C14H26N4O5. The summed E-state index contributed by atoms with van der Waals surface area (Å²) in [6, 6.07) is -2.68. The Kier molecular flexibility index (Phi) is 8.86. The van der Waals surface area contributed by atoms with E-state index in [4.69, 9.17) is 10.8 Å². The highest BCUT2D eigenvalue weighted by molar-refractivity contribution is 5.92. The molecular weight excluding hydrogens is 304 g/mol. The second-order valence-corrected chi connectivity index (χ2v) is 5.82. The molecule has 0 aromatic heterocycles. The molecule has 3 amide bonds. The van der Waals surface area contributed by atoms with E-state index in [1.807, 2.05) is 13.8 Å². The number of carboxylic acids is 1. The van der Waals surface area contributed by atoms with Gasteiger partial charge >= 0.3 is 5.97 Å². The lowest BCUT2D eigenvalue weighted by molar-refractivity contribution is -0.141. The molecule has 0 bridgehead atoms. The van der Waals surface area contributed by atoms with Gasteiger partial charge in [-0.25, -0.2) is 0 Å². The Labute approximate surface area is 135 Å². The fourth-order valence-electron chi connectivity index (χ4n) is 1.65. The zero-order valence-corrected chi connectivity index (χ0v) is 13.9. The Morgan fingerprint density at radius 2 is 1.57 bits per heavy atom. The number of carbonyl (C=O) groups is 4. The molecule has 0 radical (unpaired) electrons. The fraction of sp³-hybridized carbons (Fsp3) is 0.714. The van der Waals surface area contributed by atoms with Gasteiger partial charge in [0, 0.05) is 0 Å². The second kappa shape index (κ2) is 9.78. The average molecular weight is 330 g/mol. The molecule has 0 rings (SSSR count). The van der Waals surface area contributed by atoms with Crippen LogP contribution in [0, 0.1) is 5.92 Å². The predicted octanol–water partition coefficient (Wildman–Crippen LogP) is -1.43. The summed E-state index contributed by atoms with van der Waals surface area (Å²) in [5, 5.41) is 15.9. The van der Waals surface area contributed by atoms with E-state index < -0.39 is 41.8 Å². The summed E-state index contributed by atoms with van der Waals surface area (Å²) < 4.78 is 0. The summed E-state index contributed by atoms with van der Waals surface area (Å²) in [5.41, 5.74) is 5.36. The van der Waals surface area contributed by atoms with Crippen molar-refractivity contribution in [2.45, 2.75) is 52.2 Å². The lowest BCUT2D eigenvalue weighted by Crippen LogP contribution is -2.53. The van der Waals surface area contributed by atoms with E-state index in [1.54, 1.807) is 0 Å². The highest BCUT2D eigenvalue weighted by atomic mass is 16.4. The first-order valence-corrected chi connectivity index (χ1v) is 7.40. The van der Waals surface area contributed by atoms with Crippen LogP contribution in [0.4, 0.5) is 0 Å². The van der Waals surface area contributed by atoms with E-state index in [9.17, 15) is 19.2 Å². The number of nitrogens with two attached hydrogens (primary N) is 1. The number of hydrogen-bond donors (Lipinski definition) is 5. The van der Waals surface area contributed by atoms with Crippen molar-refractivity contribution in [1.82, 2.24) is 16.0 Å². The van der Waals surface area contributed by atoms with E-state index in [0.29, 0.717) is 6.42 Å². The summed E-state index contributed by atoms with van der Waals surface area (Å²) in [4.78, 5) is 46.0. The quantitative estimate of drug-likeness (QED) is 0.350. The van der Waals surface area contributed by atoms with Gasteiger partial charge in [0.2, 0.25) is 17.7 Å². The predicted molar refractivity (Wildman–Crippen MR) is 83.3 cm³/mol. The molecule has 0 heterocycles. The summed E-state index contributed by atoms with van der Waals surface area (Å²) in [6.45, 7) is 6.24. The molecule has 0 spiro atoms. The van der Waals surface area contributed by atoms with Crippen molar-refractivity contribution in [2.24, 2.45) is 11.7 Å². The van der Waals surface area contributed by atoms with Gasteiger partial charge in [0.15, 0.2) is 0 Å². The lowest BCUT2D eigenvalue weighted by atomic mass is 10.0. The summed E-state index contributed by atoms with van der Waals surface area (Å²) in [6.07, 6.45) is 0.338. The van der Waals surface area contributed by atoms with Crippen LogP contribution >= 0.6 is 0 Å². The minimum absolute atomic E-state index is 0.102. The van der Waals surface area contributed by atoms with Gasteiger partial charge < -0.3 is 26.8 Å². The van der Waals surface area contributed by atoms with E-state index in [0.717, 1.165) is 0 Å². The average Bonchev–Trinajstić information content (AvgIpc) is 2.42. The zero-order chi connectivity index (χ0) is 18.2. The maximum Gasteiger partial charge on any atom is 0.325 e.